The summed E-state index contributed by atoms with van der Waals surface area (Å²) in [6.07, 6.45) is 0. The maximum absolute atomic E-state index is 2.57. The molecule has 0 radical (unpaired) electrons. The number of fused-ring (bicyclic) bond motifs is 6. The van der Waals surface area contributed by atoms with E-state index in [0.29, 0.717) is 0 Å². The zero-order chi connectivity index (χ0) is 46.4. The Morgan fingerprint density at radius 1 is 0.243 bits per heavy atom. The first-order valence-corrected chi connectivity index (χ1v) is 24.3. The highest BCUT2D eigenvalue weighted by Crippen LogP contribution is 2.60. The largest absolute Gasteiger partial charge is 0.309 e. The van der Waals surface area contributed by atoms with Gasteiger partial charge >= 0.3 is 0 Å². The lowest BCUT2D eigenvalue weighted by Gasteiger charge is -2.35. The van der Waals surface area contributed by atoms with Crippen LogP contribution in [0.15, 0.2) is 285 Å². The van der Waals surface area contributed by atoms with E-state index in [1.54, 1.807) is 0 Å². The number of hydrogen-bond donors (Lipinski definition) is 0. The maximum Gasteiger partial charge on any atom is 0.0714 e. The number of nitrogens with zero attached hydrogens (tertiary/aromatic N) is 1. The Morgan fingerprint density at radius 3 is 1.17 bits per heavy atom. The van der Waals surface area contributed by atoms with Crippen LogP contribution in [0.4, 0.5) is 17.1 Å². The molecule has 1 aliphatic carbocycles. The second-order valence-corrected chi connectivity index (χ2v) is 18.3. The van der Waals surface area contributed by atoms with Crippen LogP contribution in [0, 0.1) is 0 Å². The highest BCUT2D eigenvalue weighted by atomic mass is 15.2. The maximum atomic E-state index is 2.57. The van der Waals surface area contributed by atoms with E-state index >= 15 is 0 Å². The molecule has 0 spiro atoms. The molecule has 0 bridgehead atoms. The van der Waals surface area contributed by atoms with Gasteiger partial charge in [-0.1, -0.05) is 267 Å². The van der Waals surface area contributed by atoms with E-state index in [4.69, 9.17) is 0 Å². The summed E-state index contributed by atoms with van der Waals surface area (Å²) in [4.78, 5) is 2.57. The molecule has 70 heavy (non-hydrogen) atoms. The lowest BCUT2D eigenvalue weighted by Crippen LogP contribution is -2.28. The molecule has 12 aromatic rings. The minimum atomic E-state index is -0.552. The van der Waals surface area contributed by atoms with Crippen LogP contribution in [-0.2, 0) is 5.41 Å². The van der Waals surface area contributed by atoms with E-state index in [2.05, 4.69) is 290 Å². The highest BCUT2D eigenvalue weighted by molar-refractivity contribution is 6.23. The Hall–Kier alpha value is -9.04. The smallest absolute Gasteiger partial charge is 0.0714 e. The number of benzene rings is 12. The van der Waals surface area contributed by atoms with Crippen molar-refractivity contribution in [1.29, 1.82) is 0 Å². The van der Waals surface area contributed by atoms with Crippen LogP contribution in [0.5, 0.6) is 0 Å². The molecule has 12 aromatic carbocycles. The van der Waals surface area contributed by atoms with Crippen molar-refractivity contribution in [1.82, 2.24) is 0 Å². The van der Waals surface area contributed by atoms with Crippen LogP contribution < -0.4 is 4.90 Å². The van der Waals surface area contributed by atoms with Crippen LogP contribution in [-0.4, -0.2) is 0 Å². The van der Waals surface area contributed by atoms with Gasteiger partial charge in [-0.2, -0.15) is 0 Å². The van der Waals surface area contributed by atoms with Crippen molar-refractivity contribution in [3.05, 3.63) is 307 Å². The monoisotopic (exact) mass is 889 g/mol. The standard InChI is InChI=1S/C69H47N/c1-5-20-48(21-6-1)49-36-38-50(39-37-49)51-40-42-52(43-41-51)53-44-46-57(47-45-53)70(68-61-31-16-14-29-59(61)58-28-13-15-30-60(58)66(68)54-22-7-2-8-23-54)65-35-19-34-64-67(65)62-32-17-18-33-63(62)69(64,55-24-9-3-10-25-55)56-26-11-4-12-27-56/h1-47H. The van der Waals surface area contributed by atoms with Crippen molar-refractivity contribution in [2.24, 2.45) is 0 Å². The van der Waals surface area contributed by atoms with Crippen molar-refractivity contribution < 1.29 is 0 Å². The fourth-order valence-corrected chi connectivity index (χ4v) is 11.4. The van der Waals surface area contributed by atoms with Gasteiger partial charge in [-0.3, -0.25) is 0 Å². The summed E-state index contributed by atoms with van der Waals surface area (Å²) < 4.78 is 0. The first kappa shape index (κ1) is 41.2. The normalized spacial score (nSPS) is 12.4. The average molecular weight is 890 g/mol. The van der Waals surface area contributed by atoms with Crippen molar-refractivity contribution in [2.75, 3.05) is 4.90 Å². The second-order valence-electron chi connectivity index (χ2n) is 18.3. The van der Waals surface area contributed by atoms with Crippen molar-refractivity contribution >= 4 is 38.6 Å². The van der Waals surface area contributed by atoms with E-state index in [0.717, 1.165) is 22.6 Å². The molecule has 1 heteroatoms. The van der Waals surface area contributed by atoms with Gasteiger partial charge < -0.3 is 4.90 Å². The number of anilines is 3. The Balaban J connectivity index is 1.03. The van der Waals surface area contributed by atoms with E-state index in [9.17, 15) is 0 Å². The van der Waals surface area contributed by atoms with Crippen molar-refractivity contribution in [3.63, 3.8) is 0 Å². The lowest BCUT2D eigenvalue weighted by atomic mass is 9.68. The molecule has 0 aliphatic heterocycles. The molecule has 13 rings (SSSR count). The van der Waals surface area contributed by atoms with Gasteiger partial charge in [0.05, 0.1) is 16.8 Å². The van der Waals surface area contributed by atoms with Crippen molar-refractivity contribution in [3.8, 4) is 55.6 Å². The third kappa shape index (κ3) is 6.70. The average Bonchev–Trinajstić information content (AvgIpc) is 3.76. The van der Waals surface area contributed by atoms with Crippen molar-refractivity contribution in [2.45, 2.75) is 5.41 Å². The summed E-state index contributed by atoms with van der Waals surface area (Å²) in [6.45, 7) is 0. The molecule has 0 amide bonds. The molecule has 1 aliphatic rings. The quantitative estimate of drug-likeness (QED) is 0.131. The molecule has 0 saturated carbocycles. The first-order chi connectivity index (χ1) is 34.8. The molecule has 0 unspecified atom stereocenters. The third-order valence-electron chi connectivity index (χ3n) is 14.6. The van der Waals surface area contributed by atoms with E-state index in [-0.39, 0.29) is 0 Å². The summed E-state index contributed by atoms with van der Waals surface area (Å²) in [5.74, 6) is 0. The molecule has 0 heterocycles. The van der Waals surface area contributed by atoms with Crippen LogP contribution in [0.1, 0.15) is 22.3 Å². The van der Waals surface area contributed by atoms with E-state index in [1.807, 2.05) is 0 Å². The minimum absolute atomic E-state index is 0.552. The molecule has 0 fully saturated rings. The third-order valence-corrected chi connectivity index (χ3v) is 14.6. The Bertz CT molecular complexity index is 3780. The fraction of sp³-hybridized carbons (Fsp3) is 0.0145. The topological polar surface area (TPSA) is 3.24 Å². The molecule has 0 aromatic heterocycles. The van der Waals surface area contributed by atoms with Gasteiger partial charge in [-0.05, 0) is 101 Å². The minimum Gasteiger partial charge on any atom is -0.309 e. The molecular formula is C69H47N. The van der Waals surface area contributed by atoms with Crippen LogP contribution >= 0.6 is 0 Å². The van der Waals surface area contributed by atoms with Gasteiger partial charge in [0.2, 0.25) is 0 Å². The number of hydrogen-bond acceptors (Lipinski definition) is 1. The second kappa shape index (κ2) is 17.2. The zero-order valence-corrected chi connectivity index (χ0v) is 38.6. The molecule has 0 N–H and O–H groups in total. The Labute approximate surface area is 409 Å². The Morgan fingerprint density at radius 2 is 0.629 bits per heavy atom. The highest BCUT2D eigenvalue weighted by Gasteiger charge is 2.47. The fourth-order valence-electron chi connectivity index (χ4n) is 11.4. The summed E-state index contributed by atoms with van der Waals surface area (Å²) in [5.41, 5.74) is 19.9. The van der Waals surface area contributed by atoms with Crippen LogP contribution in [0.25, 0.3) is 77.2 Å². The van der Waals surface area contributed by atoms with Gasteiger partial charge in [0.25, 0.3) is 0 Å². The SMILES string of the molecule is c1ccc(-c2ccc(-c3ccc(-c4ccc(N(c5cccc6c5-c5ccccc5C6(c5ccccc5)c5ccccc5)c5c(-c6ccccc6)c6ccccc6c6ccccc56)cc4)cc3)cc2)cc1. The van der Waals surface area contributed by atoms with Gasteiger partial charge in [-0.15, -0.1) is 0 Å². The molecule has 0 atom stereocenters. The summed E-state index contributed by atoms with van der Waals surface area (Å²) in [5, 5.41) is 4.87. The Kier molecular flexibility index (Phi) is 10.1. The predicted molar refractivity (Wildman–Crippen MR) is 295 cm³/mol. The van der Waals surface area contributed by atoms with Gasteiger partial charge in [0.1, 0.15) is 0 Å². The van der Waals surface area contributed by atoms with Gasteiger partial charge in [0, 0.05) is 22.2 Å². The first-order valence-electron chi connectivity index (χ1n) is 24.3. The van der Waals surface area contributed by atoms with Crippen LogP contribution in [0.2, 0.25) is 0 Å². The van der Waals surface area contributed by atoms with E-state index < -0.39 is 5.41 Å². The molecule has 0 saturated heterocycles. The zero-order valence-electron chi connectivity index (χ0n) is 38.6. The lowest BCUT2D eigenvalue weighted by molar-refractivity contribution is 0.768. The van der Waals surface area contributed by atoms with E-state index in [1.165, 1.54) is 93.9 Å². The van der Waals surface area contributed by atoms with Crippen LogP contribution in [0.3, 0.4) is 0 Å². The molecular weight excluding hydrogens is 843 g/mol. The summed E-state index contributed by atoms with van der Waals surface area (Å²) >= 11 is 0. The molecule has 1 nitrogen and oxygen atoms in total. The number of rotatable bonds is 9. The van der Waals surface area contributed by atoms with Gasteiger partial charge in [-0.25, -0.2) is 0 Å². The molecule has 328 valence electrons. The predicted octanol–water partition coefficient (Wildman–Crippen LogP) is 18.5. The van der Waals surface area contributed by atoms with Gasteiger partial charge in [0.15, 0.2) is 0 Å². The summed E-state index contributed by atoms with van der Waals surface area (Å²) in [7, 11) is 0. The summed E-state index contributed by atoms with van der Waals surface area (Å²) in [6, 6.07) is 105.